The van der Waals surface area contributed by atoms with E-state index < -0.39 is 17.2 Å². The molecular formula is C17H8ClF2N3O. The zero-order chi connectivity index (χ0) is 17.3. The van der Waals surface area contributed by atoms with Crippen LogP contribution in [-0.4, -0.2) is 9.97 Å². The van der Waals surface area contributed by atoms with E-state index in [0.29, 0.717) is 15.9 Å². The van der Waals surface area contributed by atoms with E-state index in [1.165, 1.54) is 12.1 Å². The predicted molar refractivity (Wildman–Crippen MR) is 87.2 cm³/mol. The minimum atomic E-state index is -0.699. The van der Waals surface area contributed by atoms with E-state index in [2.05, 4.69) is 9.97 Å². The summed E-state index contributed by atoms with van der Waals surface area (Å²) in [5.41, 5.74) is -0.409. The van der Waals surface area contributed by atoms with Crippen molar-refractivity contribution in [2.45, 2.75) is 0 Å². The van der Waals surface area contributed by atoms with Crippen molar-refractivity contribution in [1.82, 2.24) is 9.97 Å². The van der Waals surface area contributed by atoms with Gasteiger partial charge < -0.3 is 4.98 Å². The van der Waals surface area contributed by atoms with Crippen LogP contribution in [0.25, 0.3) is 22.6 Å². The standard InChI is InChI=1S/C17H8ClF2N3O/c18-11-1-3-13-15(7-11)22-16(23-17(13)24)10(8-21)5-9-6-12(19)2-4-14(9)20/h1-7H,(H,22,23,24)/b10-5+. The van der Waals surface area contributed by atoms with Crippen LogP contribution >= 0.6 is 11.6 Å². The van der Waals surface area contributed by atoms with Gasteiger partial charge in [0.2, 0.25) is 0 Å². The Kier molecular flexibility index (Phi) is 4.11. The summed E-state index contributed by atoms with van der Waals surface area (Å²) in [6, 6.07) is 9.23. The van der Waals surface area contributed by atoms with Gasteiger partial charge in [0.1, 0.15) is 17.7 Å². The molecule has 0 bridgehead atoms. The van der Waals surface area contributed by atoms with Crippen molar-refractivity contribution in [3.8, 4) is 6.07 Å². The van der Waals surface area contributed by atoms with Gasteiger partial charge in [-0.15, -0.1) is 0 Å². The zero-order valence-corrected chi connectivity index (χ0v) is 12.7. The van der Waals surface area contributed by atoms with E-state index in [1.807, 2.05) is 6.07 Å². The molecule has 0 fully saturated rings. The number of aromatic nitrogens is 2. The van der Waals surface area contributed by atoms with Crippen LogP contribution in [0.15, 0.2) is 41.2 Å². The first-order valence-corrected chi connectivity index (χ1v) is 7.12. The number of allylic oxidation sites excluding steroid dienone is 1. The van der Waals surface area contributed by atoms with Crippen LogP contribution in [0.4, 0.5) is 8.78 Å². The molecule has 1 aromatic heterocycles. The van der Waals surface area contributed by atoms with Gasteiger partial charge in [-0.05, 0) is 42.5 Å². The smallest absolute Gasteiger partial charge is 0.259 e. The molecule has 0 saturated heterocycles. The number of H-pyrrole nitrogens is 1. The Hall–Kier alpha value is -3.04. The second-order valence-electron chi connectivity index (χ2n) is 4.91. The van der Waals surface area contributed by atoms with Crippen molar-refractivity contribution in [3.05, 3.63) is 74.8 Å². The molecule has 1 heterocycles. The number of aromatic amines is 1. The van der Waals surface area contributed by atoms with Crippen molar-refractivity contribution < 1.29 is 8.78 Å². The van der Waals surface area contributed by atoms with Crippen LogP contribution < -0.4 is 5.56 Å². The molecule has 0 radical (unpaired) electrons. The van der Waals surface area contributed by atoms with Crippen LogP contribution in [0, 0.1) is 23.0 Å². The molecular weight excluding hydrogens is 336 g/mol. The number of halogens is 3. The summed E-state index contributed by atoms with van der Waals surface area (Å²) in [7, 11) is 0. The van der Waals surface area contributed by atoms with Gasteiger partial charge in [-0.3, -0.25) is 4.79 Å². The van der Waals surface area contributed by atoms with Gasteiger partial charge >= 0.3 is 0 Å². The molecule has 1 N–H and O–H groups in total. The first-order chi connectivity index (χ1) is 11.5. The van der Waals surface area contributed by atoms with E-state index in [9.17, 15) is 18.8 Å². The maximum atomic E-state index is 13.7. The molecule has 0 unspecified atom stereocenters. The first kappa shape index (κ1) is 15.8. The Labute approximate surface area is 139 Å². The Morgan fingerprint density at radius 2 is 2.04 bits per heavy atom. The van der Waals surface area contributed by atoms with Gasteiger partial charge in [0, 0.05) is 10.6 Å². The minimum Gasteiger partial charge on any atom is -0.305 e. The monoisotopic (exact) mass is 343 g/mol. The maximum Gasteiger partial charge on any atom is 0.259 e. The summed E-state index contributed by atoms with van der Waals surface area (Å²) in [6.07, 6.45) is 1.12. The molecule has 3 rings (SSSR count). The Morgan fingerprint density at radius 1 is 1.25 bits per heavy atom. The first-order valence-electron chi connectivity index (χ1n) is 6.75. The average molecular weight is 344 g/mol. The fourth-order valence-electron chi connectivity index (χ4n) is 2.17. The SMILES string of the molecule is N#C/C(=C\c1cc(F)ccc1F)c1nc2cc(Cl)ccc2c(=O)[nH]1. The van der Waals surface area contributed by atoms with E-state index in [4.69, 9.17) is 11.6 Å². The predicted octanol–water partition coefficient (Wildman–Crippen LogP) is 3.92. The van der Waals surface area contributed by atoms with Gasteiger partial charge in [-0.2, -0.15) is 5.26 Å². The summed E-state index contributed by atoms with van der Waals surface area (Å²) in [4.78, 5) is 18.7. The minimum absolute atomic E-state index is 0.0547. The lowest BCUT2D eigenvalue weighted by Gasteiger charge is -2.03. The molecule has 0 atom stereocenters. The lowest BCUT2D eigenvalue weighted by atomic mass is 10.1. The molecule has 118 valence electrons. The molecule has 0 amide bonds. The second kappa shape index (κ2) is 6.22. The molecule has 3 aromatic rings. The molecule has 7 heteroatoms. The number of fused-ring (bicyclic) bond motifs is 1. The fourth-order valence-corrected chi connectivity index (χ4v) is 2.34. The molecule has 2 aromatic carbocycles. The molecule has 24 heavy (non-hydrogen) atoms. The lowest BCUT2D eigenvalue weighted by Crippen LogP contribution is -2.11. The lowest BCUT2D eigenvalue weighted by molar-refractivity contribution is 0.598. The van der Waals surface area contributed by atoms with Crippen molar-refractivity contribution in [2.75, 3.05) is 0 Å². The van der Waals surface area contributed by atoms with E-state index in [-0.39, 0.29) is 17.0 Å². The van der Waals surface area contributed by atoms with E-state index in [0.717, 1.165) is 24.3 Å². The van der Waals surface area contributed by atoms with Gasteiger partial charge in [0.05, 0.1) is 16.5 Å². The van der Waals surface area contributed by atoms with Crippen LogP contribution in [0.1, 0.15) is 11.4 Å². The summed E-state index contributed by atoms with van der Waals surface area (Å²) < 4.78 is 27.0. The third-order valence-corrected chi connectivity index (χ3v) is 3.54. The van der Waals surface area contributed by atoms with Gasteiger partial charge in [0.25, 0.3) is 5.56 Å². The number of nitriles is 1. The van der Waals surface area contributed by atoms with Gasteiger partial charge in [0.15, 0.2) is 5.82 Å². The maximum absolute atomic E-state index is 13.7. The molecule has 0 spiro atoms. The van der Waals surface area contributed by atoms with Crippen LogP contribution in [0.3, 0.4) is 0 Å². The average Bonchev–Trinajstić information content (AvgIpc) is 2.55. The third-order valence-electron chi connectivity index (χ3n) is 3.30. The number of nitrogens with zero attached hydrogens (tertiary/aromatic N) is 2. The van der Waals surface area contributed by atoms with Crippen molar-refractivity contribution in [1.29, 1.82) is 5.26 Å². The summed E-state index contributed by atoms with van der Waals surface area (Å²) >= 11 is 5.88. The Bertz CT molecular complexity index is 1080. The number of nitrogens with one attached hydrogen (secondary N) is 1. The largest absolute Gasteiger partial charge is 0.305 e. The summed E-state index contributed by atoms with van der Waals surface area (Å²) in [5.74, 6) is -1.40. The molecule has 0 saturated carbocycles. The van der Waals surface area contributed by atoms with E-state index >= 15 is 0 Å². The highest BCUT2D eigenvalue weighted by atomic mass is 35.5. The van der Waals surface area contributed by atoms with Crippen molar-refractivity contribution in [2.24, 2.45) is 0 Å². The van der Waals surface area contributed by atoms with Crippen molar-refractivity contribution in [3.63, 3.8) is 0 Å². The topological polar surface area (TPSA) is 69.5 Å². The van der Waals surface area contributed by atoms with Crippen LogP contribution in [0.5, 0.6) is 0 Å². The molecule has 0 aliphatic carbocycles. The normalized spacial score (nSPS) is 11.5. The van der Waals surface area contributed by atoms with Crippen LogP contribution in [0.2, 0.25) is 5.02 Å². The number of benzene rings is 2. The summed E-state index contributed by atoms with van der Waals surface area (Å²) in [6.45, 7) is 0. The number of hydrogen-bond donors (Lipinski definition) is 1. The highest BCUT2D eigenvalue weighted by Crippen LogP contribution is 2.20. The number of hydrogen-bond acceptors (Lipinski definition) is 3. The Morgan fingerprint density at radius 3 is 2.79 bits per heavy atom. The number of rotatable bonds is 2. The van der Waals surface area contributed by atoms with Gasteiger partial charge in [-0.25, -0.2) is 13.8 Å². The second-order valence-corrected chi connectivity index (χ2v) is 5.35. The van der Waals surface area contributed by atoms with Gasteiger partial charge in [-0.1, -0.05) is 11.6 Å². The van der Waals surface area contributed by atoms with Crippen molar-refractivity contribution >= 4 is 34.2 Å². The fraction of sp³-hybridized carbons (Fsp3) is 0. The Balaban J connectivity index is 2.20. The van der Waals surface area contributed by atoms with E-state index in [1.54, 1.807) is 6.07 Å². The molecule has 0 aliphatic rings. The quantitative estimate of drug-likeness (QED) is 0.717. The molecule has 4 nitrogen and oxygen atoms in total. The molecule has 0 aliphatic heterocycles. The third kappa shape index (κ3) is 3.03. The zero-order valence-electron chi connectivity index (χ0n) is 12.0. The van der Waals surface area contributed by atoms with Crippen LogP contribution in [-0.2, 0) is 0 Å². The highest BCUT2D eigenvalue weighted by Gasteiger charge is 2.10. The summed E-state index contributed by atoms with van der Waals surface area (Å²) in [5, 5.41) is 9.98. The highest BCUT2D eigenvalue weighted by molar-refractivity contribution is 6.31.